The van der Waals surface area contributed by atoms with Crippen LogP contribution in [0.3, 0.4) is 0 Å². The molecule has 1 saturated carbocycles. The van der Waals surface area contributed by atoms with Gasteiger partial charge in [-0.1, -0.05) is 12.1 Å². The maximum atomic E-state index is 13.5. The van der Waals surface area contributed by atoms with Crippen molar-refractivity contribution in [3.8, 4) is 0 Å². The van der Waals surface area contributed by atoms with Crippen molar-refractivity contribution in [3.63, 3.8) is 0 Å². The molecule has 2 amide bonds. The molecular weight excluding hydrogens is 403 g/mol. The number of hydrogen-bond donors (Lipinski definition) is 0. The number of carbonyl (C=O) groups is 2. The normalized spacial score (nSPS) is 18.2. The summed E-state index contributed by atoms with van der Waals surface area (Å²) in [5.74, 6) is -0.214. The molecule has 30 heavy (non-hydrogen) atoms. The Balaban J connectivity index is 1.55. The van der Waals surface area contributed by atoms with Gasteiger partial charge in [0, 0.05) is 37.6 Å². The van der Waals surface area contributed by atoms with E-state index in [0.29, 0.717) is 26.1 Å². The van der Waals surface area contributed by atoms with Gasteiger partial charge in [-0.3, -0.25) is 9.59 Å². The molecule has 0 N–H and O–H groups in total. The molecule has 2 aliphatic rings. The summed E-state index contributed by atoms with van der Waals surface area (Å²) in [6.07, 6.45) is 3.33. The second-order valence-electron chi connectivity index (χ2n) is 7.97. The Morgan fingerprint density at radius 2 is 2.00 bits per heavy atom. The summed E-state index contributed by atoms with van der Waals surface area (Å²) < 4.78 is 18.6. The molecule has 2 heterocycles. The number of hydrogen-bond acceptors (Lipinski definition) is 4. The third kappa shape index (κ3) is 4.57. The van der Waals surface area contributed by atoms with E-state index >= 15 is 0 Å². The summed E-state index contributed by atoms with van der Waals surface area (Å²) in [6.45, 7) is 1.75. The van der Waals surface area contributed by atoms with Crippen LogP contribution in [0.1, 0.15) is 41.3 Å². The molecule has 2 aromatic rings. The van der Waals surface area contributed by atoms with Gasteiger partial charge in [-0.05, 0) is 60.4 Å². The van der Waals surface area contributed by atoms with Crippen LogP contribution >= 0.6 is 11.3 Å². The highest BCUT2D eigenvalue weighted by molar-refractivity contribution is 7.10. The number of carbonyl (C=O) groups excluding carboxylic acids is 2. The number of benzene rings is 1. The van der Waals surface area contributed by atoms with Crippen LogP contribution in [-0.2, 0) is 20.7 Å². The molecule has 1 unspecified atom stereocenters. The van der Waals surface area contributed by atoms with E-state index in [1.54, 1.807) is 35.5 Å². The van der Waals surface area contributed by atoms with Crippen LogP contribution in [0.4, 0.5) is 4.39 Å². The number of nitrogens with zero attached hydrogens (tertiary/aromatic N) is 2. The molecule has 4 rings (SSSR count). The monoisotopic (exact) mass is 430 g/mol. The summed E-state index contributed by atoms with van der Waals surface area (Å²) in [4.78, 5) is 31.0. The minimum atomic E-state index is -0.294. The number of fused-ring (bicyclic) bond motifs is 1. The summed E-state index contributed by atoms with van der Waals surface area (Å²) in [7, 11) is 1.64. The van der Waals surface area contributed by atoms with E-state index in [1.165, 1.54) is 17.0 Å². The second kappa shape index (κ2) is 9.27. The zero-order valence-corrected chi connectivity index (χ0v) is 18.0. The summed E-state index contributed by atoms with van der Waals surface area (Å²) in [5.41, 5.74) is 1.99. The van der Waals surface area contributed by atoms with E-state index < -0.39 is 0 Å². The fraction of sp³-hybridized carbons (Fsp3) is 0.478. The standard InChI is InChI=1S/C23H27FN2O3S/c1-29-13-2-11-25(23(28)17-3-4-17)15-21(27)26-12-9-20-19(10-14-30-20)22(26)16-5-7-18(24)8-6-16/h5-8,10,14,17,22H,2-4,9,11-13,15H2,1H3. The van der Waals surface area contributed by atoms with Crippen LogP contribution in [0.25, 0.3) is 0 Å². The predicted molar refractivity (Wildman–Crippen MR) is 114 cm³/mol. The van der Waals surface area contributed by atoms with Crippen LogP contribution in [0.5, 0.6) is 0 Å². The van der Waals surface area contributed by atoms with Gasteiger partial charge in [0.1, 0.15) is 5.82 Å². The Kier molecular flexibility index (Phi) is 6.49. The van der Waals surface area contributed by atoms with Gasteiger partial charge < -0.3 is 14.5 Å². The van der Waals surface area contributed by atoms with Crippen LogP contribution in [0.15, 0.2) is 35.7 Å². The van der Waals surface area contributed by atoms with E-state index in [9.17, 15) is 14.0 Å². The largest absolute Gasteiger partial charge is 0.385 e. The molecule has 1 aromatic carbocycles. The zero-order valence-electron chi connectivity index (χ0n) is 17.2. The molecule has 1 aliphatic carbocycles. The fourth-order valence-corrected chi connectivity index (χ4v) is 5.00. The van der Waals surface area contributed by atoms with Crippen molar-refractivity contribution in [2.24, 2.45) is 5.92 Å². The van der Waals surface area contributed by atoms with Gasteiger partial charge in [0.15, 0.2) is 0 Å². The molecule has 0 radical (unpaired) electrons. The molecule has 7 heteroatoms. The van der Waals surface area contributed by atoms with Gasteiger partial charge >= 0.3 is 0 Å². The Labute approximate surface area is 180 Å². The maximum absolute atomic E-state index is 13.5. The first kappa shape index (κ1) is 21.0. The van der Waals surface area contributed by atoms with Crippen molar-refractivity contribution in [2.45, 2.75) is 31.7 Å². The highest BCUT2D eigenvalue weighted by Crippen LogP contribution is 2.38. The molecule has 1 aliphatic heterocycles. The Morgan fingerprint density at radius 1 is 1.23 bits per heavy atom. The second-order valence-corrected chi connectivity index (χ2v) is 8.97. The topological polar surface area (TPSA) is 49.9 Å². The van der Waals surface area contributed by atoms with E-state index in [2.05, 4.69) is 6.07 Å². The van der Waals surface area contributed by atoms with Crippen molar-refractivity contribution in [3.05, 3.63) is 57.5 Å². The zero-order chi connectivity index (χ0) is 21.1. The highest BCUT2D eigenvalue weighted by atomic mass is 32.1. The molecule has 0 saturated heterocycles. The molecular formula is C23H27FN2O3S. The lowest BCUT2D eigenvalue weighted by atomic mass is 9.93. The van der Waals surface area contributed by atoms with E-state index in [-0.39, 0.29) is 36.1 Å². The first-order valence-corrected chi connectivity index (χ1v) is 11.4. The molecule has 1 atom stereocenters. The van der Waals surface area contributed by atoms with Crippen molar-refractivity contribution in [2.75, 3.05) is 33.4 Å². The van der Waals surface area contributed by atoms with Gasteiger partial charge in [0.2, 0.25) is 11.8 Å². The number of halogens is 1. The SMILES string of the molecule is COCCCN(CC(=O)N1CCc2sccc2C1c1ccc(F)cc1)C(=O)C1CC1. The average Bonchev–Trinajstić information content (AvgIpc) is 3.49. The third-order valence-electron chi connectivity index (χ3n) is 5.81. The fourth-order valence-electron chi connectivity index (χ4n) is 4.10. The number of amides is 2. The van der Waals surface area contributed by atoms with Gasteiger partial charge in [0.05, 0.1) is 12.6 Å². The van der Waals surface area contributed by atoms with Crippen molar-refractivity contribution < 1.29 is 18.7 Å². The molecule has 160 valence electrons. The molecule has 5 nitrogen and oxygen atoms in total. The molecule has 0 spiro atoms. The quantitative estimate of drug-likeness (QED) is 0.601. The number of ether oxygens (including phenoxy) is 1. The Bertz CT molecular complexity index is 894. The minimum Gasteiger partial charge on any atom is -0.385 e. The smallest absolute Gasteiger partial charge is 0.242 e. The van der Waals surface area contributed by atoms with Crippen LogP contribution in [0, 0.1) is 11.7 Å². The van der Waals surface area contributed by atoms with Crippen molar-refractivity contribution in [1.29, 1.82) is 0 Å². The lowest BCUT2D eigenvalue weighted by Crippen LogP contribution is -2.47. The van der Waals surface area contributed by atoms with Crippen molar-refractivity contribution in [1.82, 2.24) is 9.80 Å². The lowest BCUT2D eigenvalue weighted by molar-refractivity contribution is -0.142. The molecule has 1 fully saturated rings. The van der Waals surface area contributed by atoms with E-state index in [1.807, 2.05) is 10.3 Å². The van der Waals surface area contributed by atoms with Crippen LogP contribution in [-0.4, -0.2) is 55.0 Å². The third-order valence-corrected chi connectivity index (χ3v) is 6.81. The first-order chi connectivity index (χ1) is 14.6. The summed E-state index contributed by atoms with van der Waals surface area (Å²) >= 11 is 1.69. The summed E-state index contributed by atoms with van der Waals surface area (Å²) in [5, 5.41) is 2.04. The Hall–Kier alpha value is -2.25. The minimum absolute atomic E-state index is 0.0624. The van der Waals surface area contributed by atoms with Gasteiger partial charge in [-0.25, -0.2) is 4.39 Å². The van der Waals surface area contributed by atoms with E-state index in [4.69, 9.17) is 4.74 Å². The number of rotatable bonds is 8. The highest BCUT2D eigenvalue weighted by Gasteiger charge is 2.37. The summed E-state index contributed by atoms with van der Waals surface area (Å²) in [6, 6.07) is 8.18. The lowest BCUT2D eigenvalue weighted by Gasteiger charge is -2.37. The first-order valence-electron chi connectivity index (χ1n) is 10.5. The van der Waals surface area contributed by atoms with E-state index in [0.717, 1.165) is 30.4 Å². The predicted octanol–water partition coefficient (Wildman–Crippen LogP) is 3.64. The molecule has 1 aromatic heterocycles. The van der Waals surface area contributed by atoms with Gasteiger partial charge in [-0.2, -0.15) is 0 Å². The van der Waals surface area contributed by atoms with Crippen LogP contribution in [0.2, 0.25) is 0 Å². The van der Waals surface area contributed by atoms with Gasteiger partial charge in [-0.15, -0.1) is 11.3 Å². The van der Waals surface area contributed by atoms with Crippen LogP contribution < -0.4 is 0 Å². The van der Waals surface area contributed by atoms with Crippen molar-refractivity contribution >= 4 is 23.2 Å². The average molecular weight is 431 g/mol. The molecule has 0 bridgehead atoms. The maximum Gasteiger partial charge on any atom is 0.242 e. The number of methoxy groups -OCH3 is 1. The Morgan fingerprint density at radius 3 is 2.70 bits per heavy atom. The number of thiophene rings is 1. The van der Waals surface area contributed by atoms with Gasteiger partial charge in [0.25, 0.3) is 0 Å².